The highest BCUT2D eigenvalue weighted by Gasteiger charge is 2.26. The zero-order valence-electron chi connectivity index (χ0n) is 10.8. The number of hydrogen-bond donors (Lipinski definition) is 1. The molecule has 0 aliphatic heterocycles. The number of aliphatic carboxylic acids is 1. The van der Waals surface area contributed by atoms with Gasteiger partial charge in [-0.25, -0.2) is 0 Å². The van der Waals surface area contributed by atoms with Crippen LogP contribution in [0.15, 0.2) is 24.3 Å². The normalized spacial score (nSPS) is 11.2. The fraction of sp³-hybridized carbons (Fsp3) is 0.385. The summed E-state index contributed by atoms with van der Waals surface area (Å²) in [5.41, 5.74) is 0.712. The van der Waals surface area contributed by atoms with Crippen molar-refractivity contribution >= 4 is 11.9 Å². The average molecular weight is 289 g/mol. The first kappa shape index (κ1) is 16.0. The lowest BCUT2D eigenvalue weighted by Gasteiger charge is -2.14. The third-order valence-corrected chi connectivity index (χ3v) is 2.62. The number of carboxylic acids is 1. The summed E-state index contributed by atoms with van der Waals surface area (Å²) in [6, 6.07) is 5.67. The molecule has 1 N–H and O–H groups in total. The zero-order valence-corrected chi connectivity index (χ0v) is 10.8. The van der Waals surface area contributed by atoms with Gasteiger partial charge in [-0.2, -0.15) is 13.2 Å². The van der Waals surface area contributed by atoms with Crippen molar-refractivity contribution in [3.63, 3.8) is 0 Å². The van der Waals surface area contributed by atoms with Gasteiger partial charge < -0.3 is 10.0 Å². The van der Waals surface area contributed by atoms with Gasteiger partial charge in [0.25, 0.3) is 5.91 Å². The Bertz CT molecular complexity index is 483. The minimum Gasteiger partial charge on any atom is -0.480 e. The molecule has 0 aromatic heterocycles. The van der Waals surface area contributed by atoms with Crippen molar-refractivity contribution in [2.75, 3.05) is 13.6 Å². The molecule has 0 spiro atoms. The Morgan fingerprint density at radius 2 is 1.75 bits per heavy atom. The lowest BCUT2D eigenvalue weighted by molar-refractivity contribution is -0.137. The number of carbonyl (C=O) groups is 2. The first-order chi connectivity index (χ1) is 9.19. The van der Waals surface area contributed by atoms with Crippen molar-refractivity contribution in [3.8, 4) is 0 Å². The van der Waals surface area contributed by atoms with Crippen molar-refractivity contribution in [1.82, 2.24) is 4.90 Å². The molecule has 0 saturated heterocycles. The average Bonchev–Trinajstić information content (AvgIpc) is 2.34. The number of amides is 1. The predicted octanol–water partition coefficient (Wildman–Crippen LogP) is 2.34. The maximum Gasteiger partial charge on any atom is 0.389 e. The van der Waals surface area contributed by atoms with E-state index in [1.165, 1.54) is 31.3 Å². The van der Waals surface area contributed by atoms with Crippen LogP contribution < -0.4 is 0 Å². The summed E-state index contributed by atoms with van der Waals surface area (Å²) >= 11 is 0. The van der Waals surface area contributed by atoms with Gasteiger partial charge in [-0.05, 0) is 24.1 Å². The Balaban J connectivity index is 2.66. The number of likely N-dealkylation sites (N-methyl/N-ethyl adjacent to an activating group) is 1. The monoisotopic (exact) mass is 289 g/mol. The lowest BCUT2D eigenvalue weighted by atomic mass is 10.1. The molecule has 1 aromatic rings. The van der Waals surface area contributed by atoms with Gasteiger partial charge in [0.05, 0.1) is 0 Å². The number of benzene rings is 1. The standard InChI is InChI=1S/C13H14F3NO3/c1-17(8-11(18)19)12(20)10-4-2-9(3-5-10)6-7-13(14,15)16/h2-5H,6-8H2,1H3,(H,18,19). The summed E-state index contributed by atoms with van der Waals surface area (Å²) < 4.78 is 36.2. The summed E-state index contributed by atoms with van der Waals surface area (Å²) in [6.45, 7) is -0.436. The Labute approximate surface area is 113 Å². The Morgan fingerprint density at radius 1 is 1.20 bits per heavy atom. The number of carboxylic acid groups (broad SMARTS) is 1. The summed E-state index contributed by atoms with van der Waals surface area (Å²) in [6.07, 6.45) is -5.28. The van der Waals surface area contributed by atoms with Gasteiger partial charge >= 0.3 is 12.1 Å². The Hall–Kier alpha value is -2.05. The fourth-order valence-electron chi connectivity index (χ4n) is 1.60. The van der Waals surface area contributed by atoms with Crippen LogP contribution in [0.2, 0.25) is 0 Å². The molecule has 20 heavy (non-hydrogen) atoms. The minimum absolute atomic E-state index is 0.150. The van der Waals surface area contributed by atoms with E-state index in [-0.39, 0.29) is 12.0 Å². The minimum atomic E-state index is -4.21. The molecule has 1 amide bonds. The number of rotatable bonds is 5. The van der Waals surface area contributed by atoms with Gasteiger partial charge in [0.2, 0.25) is 0 Å². The van der Waals surface area contributed by atoms with E-state index in [0.29, 0.717) is 5.56 Å². The van der Waals surface area contributed by atoms with Crippen LogP contribution in [0.4, 0.5) is 13.2 Å². The quantitative estimate of drug-likeness (QED) is 0.905. The Kier molecular flexibility index (Phi) is 5.12. The predicted molar refractivity (Wildman–Crippen MR) is 65.4 cm³/mol. The van der Waals surface area contributed by atoms with E-state index < -0.39 is 31.0 Å². The first-order valence-corrected chi connectivity index (χ1v) is 5.82. The van der Waals surface area contributed by atoms with Gasteiger partial charge in [0.15, 0.2) is 0 Å². The molecule has 4 nitrogen and oxygen atoms in total. The molecule has 0 aliphatic rings. The molecule has 0 radical (unpaired) electrons. The molecule has 0 unspecified atom stereocenters. The van der Waals surface area contributed by atoms with Gasteiger partial charge in [0, 0.05) is 19.0 Å². The smallest absolute Gasteiger partial charge is 0.389 e. The van der Waals surface area contributed by atoms with Crippen LogP contribution in [0.3, 0.4) is 0 Å². The number of hydrogen-bond acceptors (Lipinski definition) is 2. The molecule has 0 bridgehead atoms. The molecule has 0 aliphatic carbocycles. The van der Waals surface area contributed by atoms with Crippen LogP contribution >= 0.6 is 0 Å². The summed E-state index contributed by atoms with van der Waals surface area (Å²) in [5.74, 6) is -1.63. The van der Waals surface area contributed by atoms with E-state index in [4.69, 9.17) is 5.11 Å². The second-order valence-corrected chi connectivity index (χ2v) is 4.37. The van der Waals surface area contributed by atoms with Gasteiger partial charge in [-0.3, -0.25) is 9.59 Å². The second-order valence-electron chi connectivity index (χ2n) is 4.37. The highest BCUT2D eigenvalue weighted by atomic mass is 19.4. The second kappa shape index (κ2) is 6.40. The SMILES string of the molecule is CN(CC(=O)O)C(=O)c1ccc(CCC(F)(F)F)cc1. The largest absolute Gasteiger partial charge is 0.480 e. The summed E-state index contributed by atoms with van der Waals surface area (Å²) in [5, 5.41) is 8.57. The lowest BCUT2D eigenvalue weighted by Crippen LogP contribution is -2.31. The third kappa shape index (κ3) is 5.29. The van der Waals surface area contributed by atoms with Crippen molar-refractivity contribution in [2.45, 2.75) is 19.0 Å². The molecule has 110 valence electrons. The van der Waals surface area contributed by atoms with Crippen LogP contribution in [0.5, 0.6) is 0 Å². The number of nitrogens with zero attached hydrogens (tertiary/aromatic N) is 1. The first-order valence-electron chi connectivity index (χ1n) is 5.82. The fourth-order valence-corrected chi connectivity index (χ4v) is 1.60. The topological polar surface area (TPSA) is 57.6 Å². The van der Waals surface area contributed by atoms with Crippen molar-refractivity contribution in [2.24, 2.45) is 0 Å². The molecule has 0 heterocycles. The van der Waals surface area contributed by atoms with E-state index in [1.807, 2.05) is 0 Å². The van der Waals surface area contributed by atoms with Crippen LogP contribution in [0.25, 0.3) is 0 Å². The highest BCUT2D eigenvalue weighted by molar-refractivity contribution is 5.95. The van der Waals surface area contributed by atoms with Crippen molar-refractivity contribution in [1.29, 1.82) is 0 Å². The molecule has 1 aromatic carbocycles. The molecular weight excluding hydrogens is 275 g/mol. The van der Waals surface area contributed by atoms with Crippen LogP contribution in [0, 0.1) is 0 Å². The number of alkyl halides is 3. The van der Waals surface area contributed by atoms with Crippen molar-refractivity contribution < 1.29 is 27.9 Å². The number of aryl methyl sites for hydroxylation is 1. The van der Waals surface area contributed by atoms with E-state index in [2.05, 4.69) is 0 Å². The summed E-state index contributed by atoms with van der Waals surface area (Å²) in [4.78, 5) is 23.3. The molecule has 1 rings (SSSR count). The van der Waals surface area contributed by atoms with Gasteiger partial charge in [0.1, 0.15) is 6.54 Å². The highest BCUT2D eigenvalue weighted by Crippen LogP contribution is 2.22. The van der Waals surface area contributed by atoms with Crippen molar-refractivity contribution in [3.05, 3.63) is 35.4 Å². The van der Waals surface area contributed by atoms with E-state index in [9.17, 15) is 22.8 Å². The van der Waals surface area contributed by atoms with E-state index in [1.54, 1.807) is 0 Å². The van der Waals surface area contributed by atoms with Gasteiger partial charge in [-0.15, -0.1) is 0 Å². The van der Waals surface area contributed by atoms with Crippen LogP contribution in [-0.4, -0.2) is 41.7 Å². The molecule has 7 heteroatoms. The molecule has 0 atom stereocenters. The van der Waals surface area contributed by atoms with Crippen LogP contribution in [0.1, 0.15) is 22.3 Å². The Morgan fingerprint density at radius 3 is 2.20 bits per heavy atom. The number of halogens is 3. The van der Waals surface area contributed by atoms with Gasteiger partial charge in [-0.1, -0.05) is 12.1 Å². The van der Waals surface area contributed by atoms with Crippen LogP contribution in [-0.2, 0) is 11.2 Å². The third-order valence-electron chi connectivity index (χ3n) is 2.62. The zero-order chi connectivity index (χ0) is 15.3. The summed E-state index contributed by atoms with van der Waals surface area (Å²) in [7, 11) is 1.34. The van der Waals surface area contributed by atoms with E-state index >= 15 is 0 Å². The molecule has 0 fully saturated rings. The maximum atomic E-state index is 12.1. The molecule has 0 saturated carbocycles. The number of carbonyl (C=O) groups excluding carboxylic acids is 1. The molecular formula is C13H14F3NO3. The maximum absolute atomic E-state index is 12.1. The van der Waals surface area contributed by atoms with E-state index in [0.717, 1.165) is 4.90 Å².